The minimum Gasteiger partial charge on any atom is -0.359 e. The Morgan fingerprint density at radius 1 is 1.25 bits per heavy atom. The molecule has 1 saturated carbocycles. The summed E-state index contributed by atoms with van der Waals surface area (Å²) in [5.74, 6) is 0.238. The molecule has 1 fully saturated rings. The van der Waals surface area contributed by atoms with Gasteiger partial charge in [-0.25, -0.2) is 19.0 Å². The van der Waals surface area contributed by atoms with Gasteiger partial charge < -0.3 is 10.6 Å². The number of anilines is 1. The van der Waals surface area contributed by atoms with E-state index in [1.165, 1.54) is 18.3 Å². The predicted octanol–water partition coefficient (Wildman–Crippen LogP) is 3.06. The fraction of sp³-hybridized carbons (Fsp3) is 0.263. The Labute approximate surface area is 166 Å². The molecule has 0 atom stereocenters. The van der Waals surface area contributed by atoms with E-state index in [0.717, 1.165) is 24.1 Å². The van der Waals surface area contributed by atoms with Crippen molar-refractivity contribution in [3.05, 3.63) is 53.7 Å². The monoisotopic (exact) mass is 400 g/mol. The van der Waals surface area contributed by atoms with E-state index in [4.69, 9.17) is 11.6 Å². The standard InChI is InChI=1S/C19H18ClFN6O/c1-22-18(28)11-6-14(7-11)25-19-23-9-16(20)17(26-19)12-8-24-27(10-12)15-4-2-13(21)3-5-15/h2-5,8-11,14H,6-7H2,1H3,(H,22,28)(H,23,25,26)/t11-,14-. The van der Waals surface area contributed by atoms with Crippen LogP contribution in [-0.2, 0) is 4.79 Å². The smallest absolute Gasteiger partial charge is 0.223 e. The fourth-order valence-electron chi connectivity index (χ4n) is 3.16. The van der Waals surface area contributed by atoms with Gasteiger partial charge in [0.15, 0.2) is 0 Å². The van der Waals surface area contributed by atoms with Gasteiger partial charge in [0.2, 0.25) is 11.9 Å². The second-order valence-electron chi connectivity index (χ2n) is 6.66. The third-order valence-corrected chi connectivity index (χ3v) is 5.06. The van der Waals surface area contributed by atoms with Crippen molar-refractivity contribution in [1.29, 1.82) is 0 Å². The van der Waals surface area contributed by atoms with E-state index in [2.05, 4.69) is 25.7 Å². The van der Waals surface area contributed by atoms with Gasteiger partial charge in [-0.2, -0.15) is 5.10 Å². The van der Waals surface area contributed by atoms with Crippen LogP contribution in [0.3, 0.4) is 0 Å². The third-order valence-electron chi connectivity index (χ3n) is 4.78. The molecular formula is C19H18ClFN6O. The number of nitrogens with one attached hydrogen (secondary N) is 2. The lowest BCUT2D eigenvalue weighted by Crippen LogP contribution is -2.43. The molecule has 1 aliphatic rings. The Hall–Kier alpha value is -3.00. The molecule has 7 nitrogen and oxygen atoms in total. The molecule has 0 bridgehead atoms. The molecule has 1 amide bonds. The van der Waals surface area contributed by atoms with E-state index < -0.39 is 0 Å². The van der Waals surface area contributed by atoms with Crippen LogP contribution < -0.4 is 10.6 Å². The van der Waals surface area contributed by atoms with Crippen molar-refractivity contribution < 1.29 is 9.18 Å². The van der Waals surface area contributed by atoms with Crippen LogP contribution in [-0.4, -0.2) is 38.7 Å². The van der Waals surface area contributed by atoms with Gasteiger partial charge >= 0.3 is 0 Å². The molecule has 1 aliphatic carbocycles. The van der Waals surface area contributed by atoms with Crippen LogP contribution >= 0.6 is 11.6 Å². The highest BCUT2D eigenvalue weighted by Crippen LogP contribution is 2.31. The van der Waals surface area contributed by atoms with Gasteiger partial charge in [0.25, 0.3) is 0 Å². The molecule has 2 heterocycles. The van der Waals surface area contributed by atoms with Crippen molar-refractivity contribution in [2.45, 2.75) is 18.9 Å². The Balaban J connectivity index is 1.50. The number of benzene rings is 1. The molecule has 28 heavy (non-hydrogen) atoms. The van der Waals surface area contributed by atoms with Crippen LogP contribution in [0.1, 0.15) is 12.8 Å². The molecular weight excluding hydrogens is 383 g/mol. The second kappa shape index (κ2) is 7.55. The summed E-state index contributed by atoms with van der Waals surface area (Å²) in [4.78, 5) is 20.3. The number of nitrogens with zero attached hydrogens (tertiary/aromatic N) is 4. The highest BCUT2D eigenvalue weighted by Gasteiger charge is 2.34. The molecule has 0 aliphatic heterocycles. The van der Waals surface area contributed by atoms with E-state index in [9.17, 15) is 9.18 Å². The zero-order valence-corrected chi connectivity index (χ0v) is 15.8. The topological polar surface area (TPSA) is 84.7 Å². The molecule has 0 unspecified atom stereocenters. The van der Waals surface area contributed by atoms with E-state index >= 15 is 0 Å². The number of hydrogen-bond donors (Lipinski definition) is 2. The molecule has 0 spiro atoms. The maximum absolute atomic E-state index is 13.1. The van der Waals surface area contributed by atoms with Gasteiger partial charge in [-0.1, -0.05) is 11.6 Å². The SMILES string of the molecule is CNC(=O)[C@H]1C[C@H](Nc2ncc(Cl)c(-c3cnn(-c4ccc(F)cc4)c3)n2)C1. The van der Waals surface area contributed by atoms with Crippen LogP contribution in [0.5, 0.6) is 0 Å². The third kappa shape index (κ3) is 3.68. The van der Waals surface area contributed by atoms with E-state index in [1.54, 1.807) is 36.3 Å². The Morgan fingerprint density at radius 3 is 2.71 bits per heavy atom. The molecule has 9 heteroatoms. The van der Waals surface area contributed by atoms with Gasteiger partial charge in [0, 0.05) is 30.8 Å². The lowest BCUT2D eigenvalue weighted by molar-refractivity contribution is -0.127. The lowest BCUT2D eigenvalue weighted by atomic mass is 9.80. The number of carbonyl (C=O) groups is 1. The molecule has 3 aromatic rings. The highest BCUT2D eigenvalue weighted by atomic mass is 35.5. The molecule has 1 aromatic carbocycles. The predicted molar refractivity (Wildman–Crippen MR) is 104 cm³/mol. The summed E-state index contributed by atoms with van der Waals surface area (Å²) >= 11 is 6.28. The van der Waals surface area contributed by atoms with Gasteiger partial charge in [-0.05, 0) is 37.1 Å². The molecule has 144 valence electrons. The normalized spacial score (nSPS) is 18.4. The van der Waals surface area contributed by atoms with Gasteiger partial charge in [-0.3, -0.25) is 4.79 Å². The number of halogens is 2. The summed E-state index contributed by atoms with van der Waals surface area (Å²) in [7, 11) is 1.64. The minimum atomic E-state index is -0.305. The lowest BCUT2D eigenvalue weighted by Gasteiger charge is -2.34. The van der Waals surface area contributed by atoms with Crippen LogP contribution in [0, 0.1) is 11.7 Å². The average molecular weight is 401 g/mol. The number of carbonyl (C=O) groups excluding carboxylic acids is 1. The number of hydrogen-bond acceptors (Lipinski definition) is 5. The second-order valence-corrected chi connectivity index (χ2v) is 7.07. The summed E-state index contributed by atoms with van der Waals surface area (Å²) in [6, 6.07) is 6.18. The first-order valence-electron chi connectivity index (χ1n) is 8.85. The van der Waals surface area contributed by atoms with Crippen molar-refractivity contribution in [3.8, 4) is 16.9 Å². The number of aromatic nitrogens is 4. The molecule has 2 N–H and O–H groups in total. The van der Waals surface area contributed by atoms with Crippen molar-refractivity contribution in [3.63, 3.8) is 0 Å². The fourth-order valence-corrected chi connectivity index (χ4v) is 3.36. The maximum Gasteiger partial charge on any atom is 0.223 e. The summed E-state index contributed by atoms with van der Waals surface area (Å²) in [6.07, 6.45) is 6.44. The first-order valence-corrected chi connectivity index (χ1v) is 9.23. The number of rotatable bonds is 5. The number of amides is 1. The van der Waals surface area contributed by atoms with Gasteiger partial charge in [0.1, 0.15) is 5.82 Å². The summed E-state index contributed by atoms with van der Waals surface area (Å²) in [5, 5.41) is 10.6. The largest absolute Gasteiger partial charge is 0.359 e. The van der Waals surface area contributed by atoms with Crippen molar-refractivity contribution in [2.24, 2.45) is 5.92 Å². The minimum absolute atomic E-state index is 0.0308. The molecule has 0 saturated heterocycles. The Bertz CT molecular complexity index is 1000. The van der Waals surface area contributed by atoms with Crippen LogP contribution in [0.4, 0.5) is 10.3 Å². The first kappa shape index (κ1) is 18.4. The van der Waals surface area contributed by atoms with Gasteiger partial charge in [0.05, 0.1) is 28.8 Å². The van der Waals surface area contributed by atoms with Crippen LogP contribution in [0.15, 0.2) is 42.9 Å². The Morgan fingerprint density at radius 2 is 2.00 bits per heavy atom. The van der Waals surface area contributed by atoms with Crippen LogP contribution in [0.2, 0.25) is 5.02 Å². The summed E-state index contributed by atoms with van der Waals surface area (Å²) in [6.45, 7) is 0. The van der Waals surface area contributed by atoms with Crippen molar-refractivity contribution >= 4 is 23.5 Å². The van der Waals surface area contributed by atoms with Gasteiger partial charge in [-0.15, -0.1) is 0 Å². The molecule has 4 rings (SSSR count). The van der Waals surface area contributed by atoms with Crippen molar-refractivity contribution in [2.75, 3.05) is 12.4 Å². The Kier molecular flexibility index (Phi) is 4.95. The quantitative estimate of drug-likeness (QED) is 0.687. The maximum atomic E-state index is 13.1. The summed E-state index contributed by atoms with van der Waals surface area (Å²) < 4.78 is 14.7. The van der Waals surface area contributed by atoms with Crippen molar-refractivity contribution in [1.82, 2.24) is 25.1 Å². The summed E-state index contributed by atoms with van der Waals surface area (Å²) in [5.41, 5.74) is 2.00. The highest BCUT2D eigenvalue weighted by molar-refractivity contribution is 6.32. The van der Waals surface area contributed by atoms with E-state index in [1.807, 2.05) is 0 Å². The molecule has 0 radical (unpaired) electrons. The van der Waals surface area contributed by atoms with E-state index in [0.29, 0.717) is 16.7 Å². The molecule has 2 aromatic heterocycles. The average Bonchev–Trinajstić information content (AvgIpc) is 3.15. The zero-order chi connectivity index (χ0) is 19.7. The van der Waals surface area contributed by atoms with E-state index in [-0.39, 0.29) is 23.7 Å². The first-order chi connectivity index (χ1) is 13.5. The van der Waals surface area contributed by atoms with Crippen LogP contribution in [0.25, 0.3) is 16.9 Å². The zero-order valence-electron chi connectivity index (χ0n) is 15.1.